The molecule has 0 bridgehead atoms. The summed E-state index contributed by atoms with van der Waals surface area (Å²) in [7, 11) is 0. The van der Waals surface area contributed by atoms with E-state index in [9.17, 15) is 9.59 Å². The molecule has 0 aliphatic carbocycles. The van der Waals surface area contributed by atoms with Gasteiger partial charge in [-0.2, -0.15) is 0 Å². The van der Waals surface area contributed by atoms with E-state index in [4.69, 9.17) is 10.5 Å². The lowest BCUT2D eigenvalue weighted by molar-refractivity contribution is -0.149. The van der Waals surface area contributed by atoms with Crippen LogP contribution in [0.2, 0.25) is 0 Å². The summed E-state index contributed by atoms with van der Waals surface area (Å²) in [5.74, 6) is -1.03. The summed E-state index contributed by atoms with van der Waals surface area (Å²) in [4.78, 5) is 21.8. The van der Waals surface area contributed by atoms with Crippen molar-refractivity contribution in [2.45, 2.75) is 13.5 Å². The molecule has 0 aliphatic heterocycles. The molecular formula is C11H13NO4. The van der Waals surface area contributed by atoms with Crippen molar-refractivity contribution in [1.82, 2.24) is 0 Å². The number of ether oxygens (including phenoxy) is 2. The van der Waals surface area contributed by atoms with Crippen LogP contribution in [0.4, 0.5) is 0 Å². The minimum absolute atomic E-state index is 0.368. The third-order valence-corrected chi connectivity index (χ3v) is 1.88. The first-order valence-corrected chi connectivity index (χ1v) is 4.73. The fourth-order valence-electron chi connectivity index (χ4n) is 1.03. The van der Waals surface area contributed by atoms with Gasteiger partial charge in [0.05, 0.1) is 5.56 Å². The predicted molar refractivity (Wildman–Crippen MR) is 56.4 cm³/mol. The first-order valence-electron chi connectivity index (χ1n) is 4.73. The average molecular weight is 223 g/mol. The van der Waals surface area contributed by atoms with Crippen molar-refractivity contribution >= 4 is 11.9 Å². The molecule has 0 aliphatic rings. The van der Waals surface area contributed by atoms with Crippen LogP contribution in [0.5, 0.6) is 0 Å². The molecule has 0 saturated carbocycles. The molecule has 0 radical (unpaired) electrons. The van der Waals surface area contributed by atoms with E-state index >= 15 is 0 Å². The Balaban J connectivity index is 2.49. The second-order valence-electron chi connectivity index (χ2n) is 3.09. The molecule has 0 atom stereocenters. The van der Waals surface area contributed by atoms with Crippen LogP contribution in [0.3, 0.4) is 0 Å². The minimum Gasteiger partial charge on any atom is -0.428 e. The number of hydrogen-bond acceptors (Lipinski definition) is 5. The fraction of sp³-hybridized carbons (Fsp3) is 0.273. The quantitative estimate of drug-likeness (QED) is 0.604. The Labute approximate surface area is 93.1 Å². The van der Waals surface area contributed by atoms with Crippen molar-refractivity contribution in [2.24, 2.45) is 5.73 Å². The molecule has 2 N–H and O–H groups in total. The zero-order valence-electron chi connectivity index (χ0n) is 8.93. The van der Waals surface area contributed by atoms with Gasteiger partial charge in [-0.05, 0) is 17.7 Å². The summed E-state index contributed by atoms with van der Waals surface area (Å²) in [6.07, 6.45) is 0. The zero-order chi connectivity index (χ0) is 12.0. The number of nitrogens with two attached hydrogens (primary N) is 1. The van der Waals surface area contributed by atoms with Crippen LogP contribution in [0, 0.1) is 0 Å². The lowest BCUT2D eigenvalue weighted by Gasteiger charge is -2.04. The van der Waals surface area contributed by atoms with Crippen LogP contribution in [-0.2, 0) is 20.8 Å². The van der Waals surface area contributed by atoms with Gasteiger partial charge in [0.2, 0.25) is 6.79 Å². The Hall–Kier alpha value is -1.88. The molecule has 1 aromatic rings. The third-order valence-electron chi connectivity index (χ3n) is 1.88. The van der Waals surface area contributed by atoms with Crippen LogP contribution in [0.1, 0.15) is 22.8 Å². The second kappa shape index (κ2) is 5.87. The highest BCUT2D eigenvalue weighted by Gasteiger charge is 2.06. The van der Waals surface area contributed by atoms with Crippen molar-refractivity contribution in [3.8, 4) is 0 Å². The van der Waals surface area contributed by atoms with E-state index in [0.29, 0.717) is 12.1 Å². The highest BCUT2D eigenvalue weighted by molar-refractivity contribution is 5.89. The Morgan fingerprint density at radius 1 is 1.19 bits per heavy atom. The predicted octanol–water partition coefficient (Wildman–Crippen LogP) is 0.823. The Kier molecular flexibility index (Phi) is 4.47. The summed E-state index contributed by atoms with van der Waals surface area (Å²) in [6, 6.07) is 6.70. The van der Waals surface area contributed by atoms with Crippen molar-refractivity contribution in [1.29, 1.82) is 0 Å². The average Bonchev–Trinajstić information content (AvgIpc) is 2.28. The molecule has 0 amide bonds. The molecule has 0 heterocycles. The van der Waals surface area contributed by atoms with Crippen molar-refractivity contribution in [2.75, 3.05) is 6.79 Å². The largest absolute Gasteiger partial charge is 0.428 e. The molecule has 0 saturated heterocycles. The molecule has 0 fully saturated rings. The highest BCUT2D eigenvalue weighted by atomic mass is 16.7. The van der Waals surface area contributed by atoms with Gasteiger partial charge in [-0.1, -0.05) is 12.1 Å². The number of hydrogen-bond donors (Lipinski definition) is 1. The monoisotopic (exact) mass is 223 g/mol. The van der Waals surface area contributed by atoms with Gasteiger partial charge in [-0.25, -0.2) is 4.79 Å². The Morgan fingerprint density at radius 2 is 1.81 bits per heavy atom. The van der Waals surface area contributed by atoms with Gasteiger partial charge in [0.25, 0.3) is 0 Å². The van der Waals surface area contributed by atoms with Crippen LogP contribution in [0.25, 0.3) is 0 Å². The maximum atomic E-state index is 11.4. The molecule has 0 spiro atoms. The molecule has 0 unspecified atom stereocenters. The Bertz CT molecular complexity index is 372. The normalized spacial score (nSPS) is 9.62. The molecule has 5 heteroatoms. The van der Waals surface area contributed by atoms with Crippen LogP contribution < -0.4 is 5.73 Å². The standard InChI is InChI=1S/C11H13NO4/c1-8(13)15-7-16-11(14)10-4-2-9(6-12)3-5-10/h2-5H,6-7,12H2,1H3. The van der Waals surface area contributed by atoms with E-state index in [-0.39, 0.29) is 6.79 Å². The lowest BCUT2D eigenvalue weighted by Crippen LogP contribution is -2.11. The minimum atomic E-state index is -0.537. The summed E-state index contributed by atoms with van der Waals surface area (Å²) < 4.78 is 9.18. The summed E-state index contributed by atoms with van der Waals surface area (Å²) >= 11 is 0. The van der Waals surface area contributed by atoms with Crippen LogP contribution in [0.15, 0.2) is 24.3 Å². The van der Waals surface area contributed by atoms with Gasteiger partial charge in [0, 0.05) is 13.5 Å². The summed E-state index contributed by atoms with van der Waals surface area (Å²) in [6.45, 7) is 1.29. The maximum absolute atomic E-state index is 11.4. The third kappa shape index (κ3) is 3.70. The van der Waals surface area contributed by atoms with E-state index in [0.717, 1.165) is 5.56 Å². The van der Waals surface area contributed by atoms with Gasteiger partial charge < -0.3 is 15.2 Å². The van der Waals surface area contributed by atoms with Crippen molar-refractivity contribution in [3.05, 3.63) is 35.4 Å². The number of carbonyl (C=O) groups is 2. The molecule has 5 nitrogen and oxygen atoms in total. The summed E-state index contributed by atoms with van der Waals surface area (Å²) in [5.41, 5.74) is 6.74. The molecule has 1 aromatic carbocycles. The first-order chi connectivity index (χ1) is 7.63. The molecule has 86 valence electrons. The molecule has 1 rings (SSSR count). The SMILES string of the molecule is CC(=O)OCOC(=O)c1ccc(CN)cc1. The van der Waals surface area contributed by atoms with Gasteiger partial charge in [-0.3, -0.25) is 4.79 Å². The van der Waals surface area contributed by atoms with Gasteiger partial charge in [0.1, 0.15) is 0 Å². The molecule has 16 heavy (non-hydrogen) atoms. The van der Waals surface area contributed by atoms with Crippen LogP contribution in [-0.4, -0.2) is 18.7 Å². The molecule has 0 aromatic heterocycles. The lowest BCUT2D eigenvalue weighted by atomic mass is 10.1. The maximum Gasteiger partial charge on any atom is 0.340 e. The first kappa shape index (κ1) is 12.2. The van der Waals surface area contributed by atoms with E-state index in [1.807, 2.05) is 0 Å². The highest BCUT2D eigenvalue weighted by Crippen LogP contribution is 2.05. The van der Waals surface area contributed by atoms with E-state index in [1.165, 1.54) is 6.92 Å². The fourth-order valence-corrected chi connectivity index (χ4v) is 1.03. The smallest absolute Gasteiger partial charge is 0.340 e. The Morgan fingerprint density at radius 3 is 2.31 bits per heavy atom. The van der Waals surface area contributed by atoms with Crippen molar-refractivity contribution < 1.29 is 19.1 Å². The van der Waals surface area contributed by atoms with Gasteiger partial charge in [0.15, 0.2) is 0 Å². The van der Waals surface area contributed by atoms with E-state index < -0.39 is 11.9 Å². The number of esters is 2. The van der Waals surface area contributed by atoms with E-state index in [2.05, 4.69) is 4.74 Å². The van der Waals surface area contributed by atoms with Crippen molar-refractivity contribution in [3.63, 3.8) is 0 Å². The van der Waals surface area contributed by atoms with Crippen LogP contribution >= 0.6 is 0 Å². The number of carbonyl (C=O) groups excluding carboxylic acids is 2. The van der Waals surface area contributed by atoms with Gasteiger partial charge >= 0.3 is 11.9 Å². The zero-order valence-corrected chi connectivity index (χ0v) is 8.93. The number of rotatable bonds is 4. The van der Waals surface area contributed by atoms with Gasteiger partial charge in [-0.15, -0.1) is 0 Å². The second-order valence-corrected chi connectivity index (χ2v) is 3.09. The topological polar surface area (TPSA) is 78.6 Å². The number of benzene rings is 1. The molecular weight excluding hydrogens is 210 g/mol. The van der Waals surface area contributed by atoms with E-state index in [1.54, 1.807) is 24.3 Å². The summed E-state index contributed by atoms with van der Waals surface area (Å²) in [5, 5.41) is 0.